The first kappa shape index (κ1) is 15.9. The standard InChI is InChI=1S/C18H22ClNO/c1-3-20-18(16-9-4-5-10-17(16)19)11-12-21-15-8-6-7-14(2)13-15/h4-10,13,18,20H,3,11-12H2,1-2H3. The van der Waals surface area contributed by atoms with Gasteiger partial charge in [0.2, 0.25) is 0 Å². The Labute approximate surface area is 132 Å². The van der Waals surface area contributed by atoms with E-state index in [2.05, 4.69) is 37.4 Å². The van der Waals surface area contributed by atoms with Gasteiger partial charge in [-0.2, -0.15) is 0 Å². The van der Waals surface area contributed by atoms with Crippen LogP contribution in [-0.4, -0.2) is 13.2 Å². The van der Waals surface area contributed by atoms with E-state index in [4.69, 9.17) is 16.3 Å². The van der Waals surface area contributed by atoms with Crippen LogP contribution < -0.4 is 10.1 Å². The van der Waals surface area contributed by atoms with E-state index in [0.29, 0.717) is 6.61 Å². The molecule has 2 aromatic carbocycles. The third kappa shape index (κ3) is 4.76. The summed E-state index contributed by atoms with van der Waals surface area (Å²) >= 11 is 6.29. The molecule has 1 atom stereocenters. The molecule has 1 unspecified atom stereocenters. The van der Waals surface area contributed by atoms with Crippen molar-refractivity contribution in [3.63, 3.8) is 0 Å². The van der Waals surface area contributed by atoms with Crippen LogP contribution in [0.4, 0.5) is 0 Å². The molecule has 0 spiro atoms. The highest BCUT2D eigenvalue weighted by atomic mass is 35.5. The molecule has 0 aliphatic carbocycles. The topological polar surface area (TPSA) is 21.3 Å². The number of benzene rings is 2. The Bertz CT molecular complexity index is 571. The lowest BCUT2D eigenvalue weighted by Gasteiger charge is -2.20. The molecular formula is C18H22ClNO. The van der Waals surface area contributed by atoms with Crippen molar-refractivity contribution in [1.29, 1.82) is 0 Å². The fraction of sp³-hybridized carbons (Fsp3) is 0.333. The van der Waals surface area contributed by atoms with Crippen LogP contribution in [0.5, 0.6) is 5.75 Å². The Kier molecular flexibility index (Phi) is 6.09. The minimum atomic E-state index is 0.216. The highest BCUT2D eigenvalue weighted by Gasteiger charge is 2.13. The highest BCUT2D eigenvalue weighted by molar-refractivity contribution is 6.31. The summed E-state index contributed by atoms with van der Waals surface area (Å²) < 4.78 is 5.84. The summed E-state index contributed by atoms with van der Waals surface area (Å²) in [5.74, 6) is 0.921. The molecule has 2 nitrogen and oxygen atoms in total. The SMILES string of the molecule is CCNC(CCOc1cccc(C)c1)c1ccccc1Cl. The Morgan fingerprint density at radius 1 is 1.14 bits per heavy atom. The van der Waals surface area contributed by atoms with E-state index in [-0.39, 0.29) is 6.04 Å². The molecule has 112 valence electrons. The first-order chi connectivity index (χ1) is 10.2. The zero-order valence-electron chi connectivity index (χ0n) is 12.6. The predicted octanol–water partition coefficient (Wildman–Crippen LogP) is 4.77. The number of halogens is 1. The molecular weight excluding hydrogens is 282 g/mol. The van der Waals surface area contributed by atoms with Gasteiger partial charge in [0.15, 0.2) is 0 Å². The fourth-order valence-electron chi connectivity index (χ4n) is 2.37. The molecule has 2 rings (SSSR count). The molecule has 0 fully saturated rings. The molecule has 0 radical (unpaired) electrons. The second-order valence-electron chi connectivity index (χ2n) is 5.09. The first-order valence-corrected chi connectivity index (χ1v) is 7.75. The molecule has 0 heterocycles. The molecule has 3 heteroatoms. The molecule has 0 saturated carbocycles. The number of ether oxygens (including phenoxy) is 1. The van der Waals surface area contributed by atoms with Crippen molar-refractivity contribution < 1.29 is 4.74 Å². The smallest absolute Gasteiger partial charge is 0.119 e. The molecule has 0 amide bonds. The number of aryl methyl sites for hydroxylation is 1. The van der Waals surface area contributed by atoms with Crippen LogP contribution in [0.3, 0.4) is 0 Å². The predicted molar refractivity (Wildman–Crippen MR) is 89.2 cm³/mol. The van der Waals surface area contributed by atoms with Crippen molar-refractivity contribution >= 4 is 11.6 Å². The number of rotatable bonds is 7. The third-order valence-corrected chi connectivity index (χ3v) is 3.74. The van der Waals surface area contributed by atoms with Crippen molar-refractivity contribution in [1.82, 2.24) is 5.32 Å². The average molecular weight is 304 g/mol. The normalized spacial score (nSPS) is 12.1. The highest BCUT2D eigenvalue weighted by Crippen LogP contribution is 2.25. The van der Waals surface area contributed by atoms with Crippen LogP contribution in [-0.2, 0) is 0 Å². The Morgan fingerprint density at radius 2 is 1.95 bits per heavy atom. The molecule has 0 bridgehead atoms. The maximum Gasteiger partial charge on any atom is 0.119 e. The molecule has 1 N–H and O–H groups in total. The summed E-state index contributed by atoms with van der Waals surface area (Å²) in [4.78, 5) is 0. The van der Waals surface area contributed by atoms with Crippen molar-refractivity contribution in [2.24, 2.45) is 0 Å². The van der Waals surface area contributed by atoms with Crippen LogP contribution >= 0.6 is 11.6 Å². The van der Waals surface area contributed by atoms with Gasteiger partial charge < -0.3 is 10.1 Å². The minimum absolute atomic E-state index is 0.216. The van der Waals surface area contributed by atoms with Gasteiger partial charge in [-0.15, -0.1) is 0 Å². The Morgan fingerprint density at radius 3 is 2.67 bits per heavy atom. The van der Waals surface area contributed by atoms with Crippen LogP contribution in [0.2, 0.25) is 5.02 Å². The van der Waals surface area contributed by atoms with Crippen LogP contribution in [0.15, 0.2) is 48.5 Å². The van der Waals surface area contributed by atoms with Gasteiger partial charge in [-0.05, 0) is 42.8 Å². The average Bonchev–Trinajstić information content (AvgIpc) is 2.47. The first-order valence-electron chi connectivity index (χ1n) is 7.38. The minimum Gasteiger partial charge on any atom is -0.494 e. The molecule has 0 saturated heterocycles. The summed E-state index contributed by atoms with van der Waals surface area (Å²) in [7, 11) is 0. The van der Waals surface area contributed by atoms with Crippen LogP contribution in [0, 0.1) is 6.92 Å². The van der Waals surface area contributed by atoms with Gasteiger partial charge in [-0.1, -0.05) is 48.9 Å². The van der Waals surface area contributed by atoms with Crippen molar-refractivity contribution in [2.45, 2.75) is 26.3 Å². The van der Waals surface area contributed by atoms with Gasteiger partial charge in [0.25, 0.3) is 0 Å². The Hall–Kier alpha value is -1.51. The maximum absolute atomic E-state index is 6.29. The number of hydrogen-bond donors (Lipinski definition) is 1. The van der Waals surface area contributed by atoms with Crippen molar-refractivity contribution in [3.05, 3.63) is 64.7 Å². The lowest BCUT2D eigenvalue weighted by atomic mass is 10.0. The van der Waals surface area contributed by atoms with Gasteiger partial charge in [-0.25, -0.2) is 0 Å². The number of hydrogen-bond acceptors (Lipinski definition) is 2. The largest absolute Gasteiger partial charge is 0.494 e. The van der Waals surface area contributed by atoms with Crippen LogP contribution in [0.1, 0.15) is 30.5 Å². The van der Waals surface area contributed by atoms with E-state index < -0.39 is 0 Å². The summed E-state index contributed by atoms with van der Waals surface area (Å²) in [6.45, 7) is 5.73. The lowest BCUT2D eigenvalue weighted by molar-refractivity contribution is 0.287. The quantitative estimate of drug-likeness (QED) is 0.795. The fourth-order valence-corrected chi connectivity index (χ4v) is 2.64. The van der Waals surface area contributed by atoms with Crippen LogP contribution in [0.25, 0.3) is 0 Å². The monoisotopic (exact) mass is 303 g/mol. The Balaban J connectivity index is 1.96. The van der Waals surface area contributed by atoms with E-state index in [9.17, 15) is 0 Å². The summed E-state index contributed by atoms with van der Waals surface area (Å²) in [5, 5.41) is 4.28. The van der Waals surface area contributed by atoms with Gasteiger partial charge >= 0.3 is 0 Å². The summed E-state index contributed by atoms with van der Waals surface area (Å²) in [5.41, 5.74) is 2.34. The zero-order valence-corrected chi connectivity index (χ0v) is 13.4. The van der Waals surface area contributed by atoms with Gasteiger partial charge in [-0.3, -0.25) is 0 Å². The molecule has 2 aromatic rings. The number of nitrogens with one attached hydrogen (secondary N) is 1. The van der Waals surface area contributed by atoms with E-state index in [1.165, 1.54) is 5.56 Å². The van der Waals surface area contributed by atoms with Crippen molar-refractivity contribution in [2.75, 3.05) is 13.2 Å². The second-order valence-corrected chi connectivity index (χ2v) is 5.49. The third-order valence-electron chi connectivity index (χ3n) is 3.40. The van der Waals surface area contributed by atoms with E-state index >= 15 is 0 Å². The molecule has 0 aliphatic heterocycles. The van der Waals surface area contributed by atoms with E-state index in [1.807, 2.05) is 30.3 Å². The van der Waals surface area contributed by atoms with Gasteiger partial charge in [0.05, 0.1) is 6.61 Å². The van der Waals surface area contributed by atoms with Gasteiger partial charge in [0.1, 0.15) is 5.75 Å². The van der Waals surface area contributed by atoms with E-state index in [0.717, 1.165) is 29.3 Å². The summed E-state index contributed by atoms with van der Waals surface area (Å²) in [6, 6.07) is 16.3. The molecule has 21 heavy (non-hydrogen) atoms. The second kappa shape index (κ2) is 8.06. The lowest BCUT2D eigenvalue weighted by Crippen LogP contribution is -2.23. The zero-order chi connectivity index (χ0) is 15.1. The summed E-state index contributed by atoms with van der Waals surface area (Å²) in [6.07, 6.45) is 0.880. The maximum atomic E-state index is 6.29. The van der Waals surface area contributed by atoms with Gasteiger partial charge in [0, 0.05) is 17.5 Å². The van der Waals surface area contributed by atoms with E-state index in [1.54, 1.807) is 0 Å². The van der Waals surface area contributed by atoms with Crippen molar-refractivity contribution in [3.8, 4) is 5.75 Å². The molecule has 0 aromatic heterocycles. The molecule has 0 aliphatic rings.